The molecule has 0 spiro atoms. The summed E-state index contributed by atoms with van der Waals surface area (Å²) in [6.45, 7) is 0. The number of nitrogens with one attached hydrogen (secondary N) is 1. The van der Waals surface area contributed by atoms with Crippen molar-refractivity contribution in [1.82, 2.24) is 15.0 Å². The third-order valence-corrected chi connectivity index (χ3v) is 2.94. The van der Waals surface area contributed by atoms with Gasteiger partial charge in [-0.25, -0.2) is 0 Å². The molecule has 3 rings (SSSR count). The average molecular weight is 290 g/mol. The molecule has 0 aliphatic carbocycles. The Bertz CT molecular complexity index is 779. The Morgan fingerprint density at radius 2 is 1.68 bits per heavy atom. The molecule has 0 aliphatic rings. The molecule has 22 heavy (non-hydrogen) atoms. The molecule has 0 radical (unpaired) electrons. The molecule has 0 fully saturated rings. The highest BCUT2D eigenvalue weighted by atomic mass is 16.1. The van der Waals surface area contributed by atoms with E-state index in [4.69, 9.17) is 0 Å². The Hall–Kier alpha value is -3.21. The average Bonchev–Trinajstić information content (AvgIpc) is 3.04. The van der Waals surface area contributed by atoms with E-state index in [9.17, 15) is 4.79 Å². The lowest BCUT2D eigenvalue weighted by atomic mass is 10.3. The maximum absolute atomic E-state index is 11.8. The van der Waals surface area contributed by atoms with Gasteiger partial charge in [-0.3, -0.25) is 4.79 Å². The third-order valence-electron chi connectivity index (χ3n) is 2.94. The second-order valence-electron chi connectivity index (χ2n) is 4.58. The maximum atomic E-state index is 11.8. The lowest BCUT2D eigenvalue weighted by Gasteiger charge is -1.99. The molecule has 0 aliphatic heterocycles. The molecule has 108 valence electrons. The lowest BCUT2D eigenvalue weighted by molar-refractivity contribution is -0.111. The molecule has 0 saturated carbocycles. The smallest absolute Gasteiger partial charge is 0.248 e. The van der Waals surface area contributed by atoms with Crippen LogP contribution in [0, 0.1) is 0 Å². The van der Waals surface area contributed by atoms with Crippen LogP contribution in [0.5, 0.6) is 0 Å². The molecule has 0 saturated heterocycles. The largest absolute Gasteiger partial charge is 0.323 e. The van der Waals surface area contributed by atoms with Crippen LogP contribution in [0.4, 0.5) is 5.69 Å². The summed E-state index contributed by atoms with van der Waals surface area (Å²) in [5.41, 5.74) is 2.24. The van der Waals surface area contributed by atoms with Gasteiger partial charge in [-0.1, -0.05) is 36.4 Å². The number of amides is 1. The SMILES string of the molecule is O=C(C=Cc1cnn(-c2ccccc2)n1)Nc1ccccc1. The van der Waals surface area contributed by atoms with Crippen LogP contribution in [-0.4, -0.2) is 20.9 Å². The van der Waals surface area contributed by atoms with Crippen molar-refractivity contribution >= 4 is 17.7 Å². The predicted molar refractivity (Wildman–Crippen MR) is 85.5 cm³/mol. The van der Waals surface area contributed by atoms with Gasteiger partial charge in [0.1, 0.15) is 5.69 Å². The third kappa shape index (κ3) is 3.46. The molecule has 1 amide bonds. The van der Waals surface area contributed by atoms with Crippen molar-refractivity contribution < 1.29 is 4.79 Å². The Balaban J connectivity index is 1.66. The van der Waals surface area contributed by atoms with E-state index in [0.717, 1.165) is 11.4 Å². The number of aromatic nitrogens is 3. The second kappa shape index (κ2) is 6.49. The van der Waals surface area contributed by atoms with Gasteiger partial charge >= 0.3 is 0 Å². The summed E-state index contributed by atoms with van der Waals surface area (Å²) >= 11 is 0. The fourth-order valence-corrected chi connectivity index (χ4v) is 1.90. The fraction of sp³-hybridized carbons (Fsp3) is 0. The van der Waals surface area contributed by atoms with Crippen LogP contribution >= 0.6 is 0 Å². The van der Waals surface area contributed by atoms with Gasteiger partial charge in [-0.05, 0) is 30.3 Å². The molecular weight excluding hydrogens is 276 g/mol. The zero-order chi connectivity index (χ0) is 15.2. The van der Waals surface area contributed by atoms with Crippen molar-refractivity contribution in [3.63, 3.8) is 0 Å². The van der Waals surface area contributed by atoms with E-state index in [1.165, 1.54) is 10.9 Å². The summed E-state index contributed by atoms with van der Waals surface area (Å²) in [5, 5.41) is 11.2. The first-order chi connectivity index (χ1) is 10.8. The number of anilines is 1. The first-order valence-electron chi connectivity index (χ1n) is 6.83. The Labute approximate surface area is 127 Å². The quantitative estimate of drug-likeness (QED) is 0.752. The Morgan fingerprint density at radius 3 is 2.41 bits per heavy atom. The van der Waals surface area contributed by atoms with E-state index in [0.29, 0.717) is 5.69 Å². The van der Waals surface area contributed by atoms with E-state index in [1.54, 1.807) is 12.3 Å². The van der Waals surface area contributed by atoms with Gasteiger partial charge < -0.3 is 5.32 Å². The highest BCUT2D eigenvalue weighted by molar-refractivity contribution is 6.01. The molecule has 3 aromatic rings. The summed E-state index contributed by atoms with van der Waals surface area (Å²) in [6.07, 6.45) is 4.68. The van der Waals surface area contributed by atoms with Crippen molar-refractivity contribution in [3.8, 4) is 5.69 Å². The Morgan fingerprint density at radius 1 is 1.00 bits per heavy atom. The minimum atomic E-state index is -0.208. The number of hydrogen-bond acceptors (Lipinski definition) is 3. The highest BCUT2D eigenvalue weighted by Gasteiger charge is 2.01. The molecule has 5 nitrogen and oxygen atoms in total. The van der Waals surface area contributed by atoms with Crippen molar-refractivity contribution in [2.24, 2.45) is 0 Å². The van der Waals surface area contributed by atoms with E-state index in [-0.39, 0.29) is 5.91 Å². The standard InChI is InChI=1S/C17H14N4O/c22-17(19-14-7-3-1-4-8-14)12-11-15-13-18-21(20-15)16-9-5-2-6-10-16/h1-13H,(H,19,22). The second-order valence-corrected chi connectivity index (χ2v) is 4.58. The van der Waals surface area contributed by atoms with Crippen LogP contribution < -0.4 is 5.32 Å². The zero-order valence-corrected chi connectivity index (χ0v) is 11.8. The van der Waals surface area contributed by atoms with E-state index >= 15 is 0 Å². The van der Waals surface area contributed by atoms with Gasteiger partial charge in [0.2, 0.25) is 5.91 Å². The summed E-state index contributed by atoms with van der Waals surface area (Å²) in [7, 11) is 0. The first kappa shape index (κ1) is 13.8. The van der Waals surface area contributed by atoms with Gasteiger partial charge in [0, 0.05) is 11.8 Å². The van der Waals surface area contributed by atoms with Crippen LogP contribution in [0.3, 0.4) is 0 Å². The minimum Gasteiger partial charge on any atom is -0.323 e. The first-order valence-corrected chi connectivity index (χ1v) is 6.83. The minimum absolute atomic E-state index is 0.208. The summed E-state index contributed by atoms with van der Waals surface area (Å²) < 4.78 is 0. The number of carbonyl (C=O) groups excluding carboxylic acids is 1. The number of carbonyl (C=O) groups is 1. The van der Waals surface area contributed by atoms with E-state index in [2.05, 4.69) is 15.5 Å². The van der Waals surface area contributed by atoms with Gasteiger partial charge in [0.25, 0.3) is 0 Å². The number of benzene rings is 2. The summed E-state index contributed by atoms with van der Waals surface area (Å²) in [5.74, 6) is -0.208. The fourth-order valence-electron chi connectivity index (χ4n) is 1.90. The van der Waals surface area contributed by atoms with Crippen molar-refractivity contribution in [2.75, 3.05) is 5.32 Å². The number of nitrogens with zero attached hydrogens (tertiary/aromatic N) is 3. The molecule has 1 N–H and O–H groups in total. The van der Waals surface area contributed by atoms with Crippen LogP contribution in [0.2, 0.25) is 0 Å². The molecule has 2 aromatic carbocycles. The summed E-state index contributed by atoms with van der Waals surface area (Å²) in [4.78, 5) is 13.3. The molecule has 0 atom stereocenters. The highest BCUT2D eigenvalue weighted by Crippen LogP contribution is 2.07. The van der Waals surface area contributed by atoms with Crippen molar-refractivity contribution in [2.45, 2.75) is 0 Å². The van der Waals surface area contributed by atoms with Gasteiger partial charge in [-0.15, -0.1) is 5.10 Å². The van der Waals surface area contributed by atoms with Gasteiger partial charge in [-0.2, -0.15) is 9.90 Å². The molecular formula is C17H14N4O. The summed E-state index contributed by atoms with van der Waals surface area (Å²) in [6, 6.07) is 18.9. The number of rotatable bonds is 4. The van der Waals surface area contributed by atoms with Crippen molar-refractivity contribution in [1.29, 1.82) is 0 Å². The van der Waals surface area contributed by atoms with Crippen LogP contribution in [0.1, 0.15) is 5.69 Å². The normalized spacial score (nSPS) is 10.7. The van der Waals surface area contributed by atoms with Crippen LogP contribution in [-0.2, 0) is 4.79 Å². The van der Waals surface area contributed by atoms with Crippen LogP contribution in [0.15, 0.2) is 72.9 Å². The van der Waals surface area contributed by atoms with Gasteiger partial charge in [0.15, 0.2) is 0 Å². The van der Waals surface area contributed by atoms with E-state index in [1.807, 2.05) is 60.7 Å². The topological polar surface area (TPSA) is 59.8 Å². The predicted octanol–water partition coefficient (Wildman–Crippen LogP) is 2.92. The molecule has 5 heteroatoms. The Kier molecular flexibility index (Phi) is 4.06. The van der Waals surface area contributed by atoms with Gasteiger partial charge in [0.05, 0.1) is 11.9 Å². The van der Waals surface area contributed by atoms with Crippen LogP contribution in [0.25, 0.3) is 11.8 Å². The molecule has 1 aromatic heterocycles. The number of hydrogen-bond donors (Lipinski definition) is 1. The lowest BCUT2D eigenvalue weighted by Crippen LogP contribution is -2.07. The van der Waals surface area contributed by atoms with Crippen molar-refractivity contribution in [3.05, 3.63) is 78.6 Å². The molecule has 0 bridgehead atoms. The maximum Gasteiger partial charge on any atom is 0.248 e. The monoisotopic (exact) mass is 290 g/mol. The number of para-hydroxylation sites is 2. The molecule has 0 unspecified atom stereocenters. The zero-order valence-electron chi connectivity index (χ0n) is 11.8. The van der Waals surface area contributed by atoms with E-state index < -0.39 is 0 Å². The molecule has 1 heterocycles.